The molecular weight excluding hydrogens is 418 g/mol. The van der Waals surface area contributed by atoms with Crippen molar-refractivity contribution in [1.29, 1.82) is 0 Å². The zero-order valence-corrected chi connectivity index (χ0v) is 16.8. The summed E-state index contributed by atoms with van der Waals surface area (Å²) in [4.78, 5) is 25.4. The van der Waals surface area contributed by atoms with Crippen LogP contribution >= 0.6 is 15.9 Å². The molecule has 1 fully saturated rings. The Labute approximate surface area is 172 Å². The van der Waals surface area contributed by atoms with Gasteiger partial charge in [0.15, 0.2) is 0 Å². The molecule has 4 rings (SSSR count). The summed E-state index contributed by atoms with van der Waals surface area (Å²) < 4.78 is 0.872. The van der Waals surface area contributed by atoms with Gasteiger partial charge in [0.2, 0.25) is 0 Å². The maximum Gasteiger partial charge on any atom is 0.321 e. The molecule has 0 atom stereocenters. The number of carbonyl (C=O) groups excluding carboxylic acids is 1. The predicted octanol–water partition coefficient (Wildman–Crippen LogP) is 4.26. The molecule has 7 heteroatoms. The van der Waals surface area contributed by atoms with Crippen LogP contribution in [-0.2, 0) is 0 Å². The standard InChI is InChI=1S/C21H20BrN5O/c22-17-8-4-5-9-18(17)25-21(28)27-12-10-26(11-13-27)20-14-19(23-15-24-20)16-6-2-1-3-7-16/h1-9,14-15H,10-13H2,(H,25,28). The van der Waals surface area contributed by atoms with Crippen molar-refractivity contribution in [3.05, 3.63) is 71.5 Å². The number of anilines is 2. The fourth-order valence-corrected chi connectivity index (χ4v) is 3.57. The molecule has 0 bridgehead atoms. The van der Waals surface area contributed by atoms with Crippen molar-refractivity contribution in [2.45, 2.75) is 0 Å². The molecule has 0 aliphatic carbocycles. The van der Waals surface area contributed by atoms with E-state index in [2.05, 4.69) is 36.1 Å². The van der Waals surface area contributed by atoms with Crippen LogP contribution in [0.2, 0.25) is 0 Å². The lowest BCUT2D eigenvalue weighted by molar-refractivity contribution is 0.208. The van der Waals surface area contributed by atoms with Crippen LogP contribution in [-0.4, -0.2) is 47.1 Å². The van der Waals surface area contributed by atoms with Crippen LogP contribution in [0, 0.1) is 0 Å². The molecule has 2 aromatic carbocycles. The molecule has 0 spiro atoms. The highest BCUT2D eigenvalue weighted by Gasteiger charge is 2.22. The van der Waals surface area contributed by atoms with E-state index in [0.717, 1.165) is 40.3 Å². The molecule has 3 aromatic rings. The van der Waals surface area contributed by atoms with Gasteiger partial charge in [0.1, 0.15) is 12.1 Å². The summed E-state index contributed by atoms with van der Waals surface area (Å²) in [6.07, 6.45) is 1.60. The number of para-hydroxylation sites is 1. The predicted molar refractivity (Wildman–Crippen MR) is 114 cm³/mol. The van der Waals surface area contributed by atoms with E-state index in [1.165, 1.54) is 0 Å². The van der Waals surface area contributed by atoms with Gasteiger partial charge in [0.05, 0.1) is 11.4 Å². The normalized spacial score (nSPS) is 14.0. The van der Waals surface area contributed by atoms with Gasteiger partial charge in [-0.25, -0.2) is 14.8 Å². The van der Waals surface area contributed by atoms with Crippen molar-refractivity contribution in [2.75, 3.05) is 36.4 Å². The number of hydrogen-bond donors (Lipinski definition) is 1. The third-order valence-corrected chi connectivity index (χ3v) is 5.42. The van der Waals surface area contributed by atoms with E-state index in [1.807, 2.05) is 65.6 Å². The molecule has 0 unspecified atom stereocenters. The van der Waals surface area contributed by atoms with E-state index < -0.39 is 0 Å². The maximum absolute atomic E-state index is 12.6. The van der Waals surface area contributed by atoms with Gasteiger partial charge in [0.25, 0.3) is 0 Å². The largest absolute Gasteiger partial charge is 0.353 e. The summed E-state index contributed by atoms with van der Waals surface area (Å²) in [5, 5.41) is 2.96. The molecule has 1 saturated heterocycles. The number of nitrogens with zero attached hydrogens (tertiary/aromatic N) is 4. The van der Waals surface area contributed by atoms with Crippen molar-refractivity contribution < 1.29 is 4.79 Å². The summed E-state index contributed by atoms with van der Waals surface area (Å²) in [5.74, 6) is 0.889. The van der Waals surface area contributed by atoms with Gasteiger partial charge in [0, 0.05) is 42.3 Å². The number of rotatable bonds is 3. The summed E-state index contributed by atoms with van der Waals surface area (Å²) >= 11 is 3.46. The minimum Gasteiger partial charge on any atom is -0.353 e. The van der Waals surface area contributed by atoms with Crippen LogP contribution in [0.3, 0.4) is 0 Å². The minimum atomic E-state index is -0.0841. The zero-order chi connectivity index (χ0) is 19.3. The molecule has 0 radical (unpaired) electrons. The van der Waals surface area contributed by atoms with E-state index in [9.17, 15) is 4.79 Å². The SMILES string of the molecule is O=C(Nc1ccccc1Br)N1CCN(c2cc(-c3ccccc3)ncn2)CC1. The van der Waals surface area contributed by atoms with E-state index in [1.54, 1.807) is 6.33 Å². The summed E-state index contributed by atoms with van der Waals surface area (Å²) in [5.41, 5.74) is 2.75. The summed E-state index contributed by atoms with van der Waals surface area (Å²) in [6.45, 7) is 2.74. The first-order valence-electron chi connectivity index (χ1n) is 9.13. The van der Waals surface area contributed by atoms with Crippen LogP contribution < -0.4 is 10.2 Å². The minimum absolute atomic E-state index is 0.0841. The highest BCUT2D eigenvalue weighted by Crippen LogP contribution is 2.23. The smallest absolute Gasteiger partial charge is 0.321 e. The molecule has 6 nitrogen and oxygen atoms in total. The van der Waals surface area contributed by atoms with Crippen LogP contribution in [0.15, 0.2) is 71.5 Å². The summed E-state index contributed by atoms with van der Waals surface area (Å²) in [7, 11) is 0. The zero-order valence-electron chi connectivity index (χ0n) is 15.3. The number of carbonyl (C=O) groups is 1. The third-order valence-electron chi connectivity index (χ3n) is 4.73. The number of aromatic nitrogens is 2. The van der Waals surface area contributed by atoms with Gasteiger partial charge in [-0.3, -0.25) is 0 Å². The second-order valence-corrected chi connectivity index (χ2v) is 7.37. The van der Waals surface area contributed by atoms with Gasteiger partial charge in [-0.05, 0) is 28.1 Å². The molecular formula is C21H20BrN5O. The average molecular weight is 438 g/mol. The van der Waals surface area contributed by atoms with E-state index >= 15 is 0 Å². The number of amides is 2. The Morgan fingerprint density at radius 3 is 2.39 bits per heavy atom. The lowest BCUT2D eigenvalue weighted by Crippen LogP contribution is -2.50. The van der Waals surface area contributed by atoms with Crippen molar-refractivity contribution in [2.24, 2.45) is 0 Å². The molecule has 0 saturated carbocycles. The molecule has 1 aliphatic rings. The van der Waals surface area contributed by atoms with Gasteiger partial charge in [-0.2, -0.15) is 0 Å². The highest BCUT2D eigenvalue weighted by molar-refractivity contribution is 9.10. The lowest BCUT2D eigenvalue weighted by Gasteiger charge is -2.35. The Balaban J connectivity index is 1.39. The Kier molecular flexibility index (Phi) is 5.53. The second-order valence-electron chi connectivity index (χ2n) is 6.51. The fraction of sp³-hybridized carbons (Fsp3) is 0.190. The molecule has 2 heterocycles. The second kappa shape index (κ2) is 8.39. The van der Waals surface area contributed by atoms with Gasteiger partial charge >= 0.3 is 6.03 Å². The molecule has 28 heavy (non-hydrogen) atoms. The topological polar surface area (TPSA) is 61.4 Å². The molecule has 1 N–H and O–H groups in total. The van der Waals surface area contributed by atoms with Crippen LogP contribution in [0.5, 0.6) is 0 Å². The van der Waals surface area contributed by atoms with Crippen LogP contribution in [0.4, 0.5) is 16.3 Å². The van der Waals surface area contributed by atoms with E-state index in [0.29, 0.717) is 13.1 Å². The molecule has 1 aromatic heterocycles. The van der Waals surface area contributed by atoms with Crippen molar-refractivity contribution >= 4 is 33.5 Å². The van der Waals surface area contributed by atoms with E-state index in [-0.39, 0.29) is 6.03 Å². The Hall–Kier alpha value is -2.93. The van der Waals surface area contributed by atoms with Crippen molar-refractivity contribution in [3.63, 3.8) is 0 Å². The number of urea groups is 1. The van der Waals surface area contributed by atoms with Gasteiger partial charge < -0.3 is 15.1 Å². The lowest BCUT2D eigenvalue weighted by atomic mass is 10.1. The third kappa shape index (κ3) is 4.14. The van der Waals surface area contributed by atoms with Crippen molar-refractivity contribution in [3.8, 4) is 11.3 Å². The Morgan fingerprint density at radius 2 is 1.64 bits per heavy atom. The van der Waals surface area contributed by atoms with Crippen molar-refractivity contribution in [1.82, 2.24) is 14.9 Å². The first kappa shape index (κ1) is 18.4. The molecule has 142 valence electrons. The van der Waals surface area contributed by atoms with Gasteiger partial charge in [-0.1, -0.05) is 42.5 Å². The number of benzene rings is 2. The van der Waals surface area contributed by atoms with Crippen LogP contribution in [0.1, 0.15) is 0 Å². The Morgan fingerprint density at radius 1 is 0.929 bits per heavy atom. The number of hydrogen-bond acceptors (Lipinski definition) is 4. The number of piperazine rings is 1. The molecule has 1 aliphatic heterocycles. The quantitative estimate of drug-likeness (QED) is 0.664. The van der Waals surface area contributed by atoms with Crippen LogP contribution in [0.25, 0.3) is 11.3 Å². The Bertz CT molecular complexity index is 958. The van der Waals surface area contributed by atoms with E-state index in [4.69, 9.17) is 0 Å². The monoisotopic (exact) mass is 437 g/mol. The molecule has 2 amide bonds. The average Bonchev–Trinajstić information content (AvgIpc) is 2.76. The summed E-state index contributed by atoms with van der Waals surface area (Å²) in [6, 6.07) is 19.6. The van der Waals surface area contributed by atoms with Gasteiger partial charge in [-0.15, -0.1) is 0 Å². The highest BCUT2D eigenvalue weighted by atomic mass is 79.9. The first-order chi connectivity index (χ1) is 13.7. The number of halogens is 1. The number of nitrogens with one attached hydrogen (secondary N) is 1. The maximum atomic E-state index is 12.6. The first-order valence-corrected chi connectivity index (χ1v) is 9.93. The fourth-order valence-electron chi connectivity index (χ4n) is 3.18.